The standard InChI is InChI=1S/C22H21N5O3S/c1-15-4-10-20(11-5-15)31(28,29)26-18-6-8-19(9-7-18)30-22-13-12-21(24-25-22)27-14-23-16(2)17(27)3/h4-14,26H,1-3H3. The molecule has 0 aliphatic rings. The van der Waals surface area contributed by atoms with E-state index < -0.39 is 10.0 Å². The van der Waals surface area contributed by atoms with E-state index in [0.717, 1.165) is 17.0 Å². The van der Waals surface area contributed by atoms with Crippen LogP contribution in [0.4, 0.5) is 5.69 Å². The van der Waals surface area contributed by atoms with E-state index in [2.05, 4.69) is 19.9 Å². The number of nitrogens with zero attached hydrogens (tertiary/aromatic N) is 4. The number of nitrogens with one attached hydrogen (secondary N) is 1. The van der Waals surface area contributed by atoms with Crippen LogP contribution in [0.2, 0.25) is 0 Å². The summed E-state index contributed by atoms with van der Waals surface area (Å²) < 4.78 is 35.1. The summed E-state index contributed by atoms with van der Waals surface area (Å²) in [6.07, 6.45) is 1.70. The SMILES string of the molecule is Cc1ccc(S(=O)(=O)Nc2ccc(Oc3ccc(-n4cnc(C)c4C)nn3)cc2)cc1. The Hall–Kier alpha value is -3.72. The number of benzene rings is 2. The molecule has 0 atom stereocenters. The molecule has 0 unspecified atom stereocenters. The summed E-state index contributed by atoms with van der Waals surface area (Å²) in [7, 11) is -3.66. The smallest absolute Gasteiger partial charge is 0.261 e. The van der Waals surface area contributed by atoms with Crippen molar-refractivity contribution in [1.82, 2.24) is 19.7 Å². The fourth-order valence-electron chi connectivity index (χ4n) is 2.87. The van der Waals surface area contributed by atoms with Crippen LogP contribution in [0, 0.1) is 20.8 Å². The van der Waals surface area contributed by atoms with Gasteiger partial charge in [0.25, 0.3) is 10.0 Å². The summed E-state index contributed by atoms with van der Waals surface area (Å²) in [5.74, 6) is 1.48. The van der Waals surface area contributed by atoms with Gasteiger partial charge in [0, 0.05) is 17.4 Å². The van der Waals surface area contributed by atoms with Gasteiger partial charge in [-0.25, -0.2) is 13.4 Å². The van der Waals surface area contributed by atoms with Gasteiger partial charge in [-0.15, -0.1) is 10.2 Å². The summed E-state index contributed by atoms with van der Waals surface area (Å²) in [5, 5.41) is 8.28. The maximum absolute atomic E-state index is 12.5. The number of rotatable bonds is 6. The molecule has 1 N–H and O–H groups in total. The van der Waals surface area contributed by atoms with Crippen LogP contribution in [0.5, 0.6) is 11.6 Å². The van der Waals surface area contributed by atoms with E-state index in [1.54, 1.807) is 67.0 Å². The van der Waals surface area contributed by atoms with Crippen molar-refractivity contribution in [3.05, 3.63) is 83.9 Å². The average Bonchev–Trinajstić information content (AvgIpc) is 3.09. The molecule has 8 nitrogen and oxygen atoms in total. The highest BCUT2D eigenvalue weighted by Crippen LogP contribution is 2.23. The fourth-order valence-corrected chi connectivity index (χ4v) is 3.93. The van der Waals surface area contributed by atoms with Crippen molar-refractivity contribution < 1.29 is 13.2 Å². The zero-order valence-corrected chi connectivity index (χ0v) is 18.1. The minimum absolute atomic E-state index is 0.206. The number of aryl methyl sites for hydroxylation is 2. The first-order chi connectivity index (χ1) is 14.8. The molecular weight excluding hydrogens is 414 g/mol. The van der Waals surface area contributed by atoms with Crippen LogP contribution in [0.25, 0.3) is 5.82 Å². The second-order valence-electron chi connectivity index (χ2n) is 7.06. The summed E-state index contributed by atoms with van der Waals surface area (Å²) >= 11 is 0. The lowest BCUT2D eigenvalue weighted by Crippen LogP contribution is -2.12. The van der Waals surface area contributed by atoms with Crippen LogP contribution >= 0.6 is 0 Å². The summed E-state index contributed by atoms with van der Waals surface area (Å²) in [6, 6.07) is 16.7. The maximum atomic E-state index is 12.5. The van der Waals surface area contributed by atoms with Crippen LogP contribution < -0.4 is 9.46 Å². The number of sulfonamides is 1. The molecule has 0 saturated carbocycles. The zero-order valence-electron chi connectivity index (χ0n) is 17.3. The first-order valence-electron chi connectivity index (χ1n) is 9.54. The molecule has 0 bridgehead atoms. The largest absolute Gasteiger partial charge is 0.438 e. The Morgan fingerprint density at radius 1 is 0.871 bits per heavy atom. The van der Waals surface area contributed by atoms with Gasteiger partial charge in [-0.1, -0.05) is 17.7 Å². The van der Waals surface area contributed by atoms with E-state index in [9.17, 15) is 8.42 Å². The molecule has 0 saturated heterocycles. The molecule has 0 fully saturated rings. The molecule has 2 aromatic heterocycles. The molecule has 31 heavy (non-hydrogen) atoms. The lowest BCUT2D eigenvalue weighted by Gasteiger charge is -2.10. The molecule has 0 aliphatic heterocycles. The third-order valence-electron chi connectivity index (χ3n) is 4.78. The topological polar surface area (TPSA) is 99.0 Å². The van der Waals surface area contributed by atoms with Crippen molar-refractivity contribution in [3.63, 3.8) is 0 Å². The van der Waals surface area contributed by atoms with Crippen molar-refractivity contribution >= 4 is 15.7 Å². The van der Waals surface area contributed by atoms with Gasteiger partial charge in [0.15, 0.2) is 5.82 Å². The van der Waals surface area contributed by atoms with E-state index in [1.807, 2.05) is 25.3 Å². The molecule has 4 rings (SSSR count). The Labute approximate surface area is 180 Å². The molecular formula is C22H21N5O3S. The van der Waals surface area contributed by atoms with Crippen molar-refractivity contribution in [2.24, 2.45) is 0 Å². The highest BCUT2D eigenvalue weighted by molar-refractivity contribution is 7.92. The van der Waals surface area contributed by atoms with Crippen LogP contribution in [0.1, 0.15) is 17.0 Å². The molecule has 0 radical (unpaired) electrons. The van der Waals surface area contributed by atoms with Crippen molar-refractivity contribution in [2.75, 3.05) is 4.72 Å². The van der Waals surface area contributed by atoms with Gasteiger partial charge in [-0.05, 0) is 63.2 Å². The van der Waals surface area contributed by atoms with Gasteiger partial charge in [-0.2, -0.15) is 0 Å². The molecule has 0 aliphatic carbocycles. The van der Waals surface area contributed by atoms with Gasteiger partial charge >= 0.3 is 0 Å². The van der Waals surface area contributed by atoms with Crippen molar-refractivity contribution in [1.29, 1.82) is 0 Å². The number of anilines is 1. The average molecular weight is 436 g/mol. The maximum Gasteiger partial charge on any atom is 0.261 e. The Kier molecular flexibility index (Phi) is 5.43. The van der Waals surface area contributed by atoms with E-state index in [-0.39, 0.29) is 4.90 Å². The molecule has 0 amide bonds. The second-order valence-corrected chi connectivity index (χ2v) is 8.74. The number of ether oxygens (including phenoxy) is 1. The quantitative estimate of drug-likeness (QED) is 0.488. The molecule has 2 aromatic carbocycles. The summed E-state index contributed by atoms with van der Waals surface area (Å²) in [4.78, 5) is 4.46. The summed E-state index contributed by atoms with van der Waals surface area (Å²) in [6.45, 7) is 5.80. The van der Waals surface area contributed by atoms with Crippen LogP contribution in [0.3, 0.4) is 0 Å². The first kappa shape index (κ1) is 20.5. The second kappa shape index (κ2) is 8.19. The molecule has 158 valence electrons. The van der Waals surface area contributed by atoms with E-state index >= 15 is 0 Å². The van der Waals surface area contributed by atoms with E-state index in [1.165, 1.54) is 0 Å². The van der Waals surface area contributed by atoms with E-state index in [4.69, 9.17) is 4.74 Å². The normalized spacial score (nSPS) is 11.3. The van der Waals surface area contributed by atoms with Gasteiger partial charge in [0.05, 0.1) is 10.6 Å². The molecule has 9 heteroatoms. The minimum Gasteiger partial charge on any atom is -0.438 e. The van der Waals surface area contributed by atoms with Crippen LogP contribution in [0.15, 0.2) is 71.9 Å². The van der Waals surface area contributed by atoms with E-state index in [0.29, 0.717) is 23.1 Å². The number of aromatic nitrogens is 4. The first-order valence-corrected chi connectivity index (χ1v) is 11.0. The third kappa shape index (κ3) is 4.56. The highest BCUT2D eigenvalue weighted by Gasteiger charge is 2.14. The Balaban J connectivity index is 1.44. The predicted molar refractivity (Wildman–Crippen MR) is 117 cm³/mol. The fraction of sp³-hybridized carbons (Fsp3) is 0.136. The monoisotopic (exact) mass is 435 g/mol. The number of imidazole rings is 1. The Bertz CT molecular complexity index is 1300. The van der Waals surface area contributed by atoms with Crippen LogP contribution in [-0.4, -0.2) is 28.2 Å². The minimum atomic E-state index is -3.66. The molecule has 0 spiro atoms. The van der Waals surface area contributed by atoms with Gasteiger partial charge in [0.2, 0.25) is 5.88 Å². The lowest BCUT2D eigenvalue weighted by molar-refractivity contribution is 0.454. The predicted octanol–water partition coefficient (Wildman–Crippen LogP) is 4.18. The van der Waals surface area contributed by atoms with Crippen molar-refractivity contribution in [3.8, 4) is 17.4 Å². The van der Waals surface area contributed by atoms with Gasteiger partial charge in [-0.3, -0.25) is 9.29 Å². The number of hydrogen-bond donors (Lipinski definition) is 1. The zero-order chi connectivity index (χ0) is 22.0. The lowest BCUT2D eigenvalue weighted by atomic mass is 10.2. The van der Waals surface area contributed by atoms with Gasteiger partial charge < -0.3 is 4.74 Å². The van der Waals surface area contributed by atoms with Crippen molar-refractivity contribution in [2.45, 2.75) is 25.7 Å². The summed E-state index contributed by atoms with van der Waals surface area (Å²) in [5.41, 5.74) is 3.35. The Morgan fingerprint density at radius 2 is 1.58 bits per heavy atom. The third-order valence-corrected chi connectivity index (χ3v) is 6.18. The highest BCUT2D eigenvalue weighted by atomic mass is 32.2. The number of hydrogen-bond acceptors (Lipinski definition) is 6. The van der Waals surface area contributed by atoms with Gasteiger partial charge in [0.1, 0.15) is 12.1 Å². The van der Waals surface area contributed by atoms with Crippen LogP contribution in [-0.2, 0) is 10.0 Å². The molecule has 4 aromatic rings. The Morgan fingerprint density at radius 3 is 2.16 bits per heavy atom. The molecule has 2 heterocycles.